The minimum atomic E-state index is 1.16. The van der Waals surface area contributed by atoms with Crippen LogP contribution < -0.4 is 0 Å². The second kappa shape index (κ2) is 18.9. The van der Waals surface area contributed by atoms with Crippen LogP contribution >= 0.6 is 23.5 Å². The van der Waals surface area contributed by atoms with Gasteiger partial charge in [0.05, 0.1) is 0 Å². The topological polar surface area (TPSA) is 0 Å². The lowest BCUT2D eigenvalue weighted by molar-refractivity contribution is 1.10. The lowest BCUT2D eigenvalue weighted by Gasteiger charge is -2.03. The first-order valence-electron chi connectivity index (χ1n) is 8.10. The summed E-state index contributed by atoms with van der Waals surface area (Å²) in [7, 11) is 0. The largest absolute Gasteiger partial charge is 0.157 e. The molecule has 1 aromatic rings. The number of thioether (sulfide) groups is 2. The summed E-state index contributed by atoms with van der Waals surface area (Å²) in [6.45, 7) is 12.5. The third kappa shape index (κ3) is 12.9. The quantitative estimate of drug-likeness (QED) is 0.472. The van der Waals surface area contributed by atoms with Crippen molar-refractivity contribution >= 4 is 23.5 Å². The van der Waals surface area contributed by atoms with Crippen molar-refractivity contribution in [1.29, 1.82) is 0 Å². The van der Waals surface area contributed by atoms with Crippen LogP contribution in [0.25, 0.3) is 0 Å². The van der Waals surface area contributed by atoms with Gasteiger partial charge < -0.3 is 0 Å². The summed E-state index contributed by atoms with van der Waals surface area (Å²) >= 11 is 4.06. The molecule has 0 bridgehead atoms. The Bertz CT molecular complexity index is 238. The van der Waals surface area contributed by atoms with Gasteiger partial charge >= 0.3 is 0 Å². The normalized spacial score (nSPS) is 9.10. The highest BCUT2D eigenvalue weighted by molar-refractivity contribution is 7.98. The molecule has 0 aromatic heterocycles. The van der Waals surface area contributed by atoms with E-state index in [9.17, 15) is 0 Å². The van der Waals surface area contributed by atoms with E-state index < -0.39 is 0 Å². The number of hydrogen-bond acceptors (Lipinski definition) is 2. The van der Waals surface area contributed by atoms with Gasteiger partial charge in [-0.2, -0.15) is 23.5 Å². The Balaban J connectivity index is 0. The van der Waals surface area contributed by atoms with Crippen LogP contribution in [0.5, 0.6) is 0 Å². The molecule has 1 rings (SSSR count). The molecule has 0 atom stereocenters. The molecule has 0 aliphatic rings. The van der Waals surface area contributed by atoms with Gasteiger partial charge in [0.25, 0.3) is 0 Å². The van der Waals surface area contributed by atoms with Crippen LogP contribution in [-0.2, 0) is 11.5 Å². The predicted octanol–water partition coefficient (Wildman–Crippen LogP) is 7.03. The summed E-state index contributed by atoms with van der Waals surface area (Å²) < 4.78 is 0. The molecule has 0 aliphatic heterocycles. The Kier molecular flexibility index (Phi) is 21.0. The van der Waals surface area contributed by atoms with Gasteiger partial charge in [0.2, 0.25) is 0 Å². The molecule has 0 radical (unpaired) electrons. The van der Waals surface area contributed by atoms with Gasteiger partial charge in [0, 0.05) is 11.5 Å². The summed E-state index contributed by atoms with van der Waals surface area (Å²) in [6.07, 6.45) is 2.55. The summed E-state index contributed by atoms with van der Waals surface area (Å²) in [5.74, 6) is 4.87. The molecule has 20 heavy (non-hydrogen) atoms. The van der Waals surface area contributed by atoms with Crippen LogP contribution in [-0.4, -0.2) is 11.5 Å². The highest BCUT2D eigenvalue weighted by Crippen LogP contribution is 2.17. The zero-order valence-electron chi connectivity index (χ0n) is 14.4. The maximum Gasteiger partial charge on any atom is 0.0184 e. The second-order valence-corrected chi connectivity index (χ2v) is 6.13. The lowest BCUT2D eigenvalue weighted by Crippen LogP contribution is -1.86. The van der Waals surface area contributed by atoms with Crippen LogP contribution in [0.3, 0.4) is 0 Å². The zero-order valence-corrected chi connectivity index (χ0v) is 16.0. The van der Waals surface area contributed by atoms with Gasteiger partial charge in [0.15, 0.2) is 0 Å². The van der Waals surface area contributed by atoms with Crippen molar-refractivity contribution in [3.05, 3.63) is 35.4 Å². The molecule has 0 heterocycles. The van der Waals surface area contributed by atoms with E-state index in [2.05, 4.69) is 38.1 Å². The van der Waals surface area contributed by atoms with E-state index in [0.29, 0.717) is 0 Å². The molecule has 1 aromatic carbocycles. The molecule has 0 fully saturated rings. The van der Waals surface area contributed by atoms with E-state index in [1.807, 2.05) is 51.2 Å². The van der Waals surface area contributed by atoms with Crippen molar-refractivity contribution in [3.63, 3.8) is 0 Å². The molecule has 0 nitrogen and oxygen atoms in total. The molecule has 0 aliphatic carbocycles. The van der Waals surface area contributed by atoms with Crippen LogP contribution in [0.2, 0.25) is 0 Å². The molecule has 2 heteroatoms. The number of rotatable bonds is 8. The van der Waals surface area contributed by atoms with E-state index in [1.165, 1.54) is 35.5 Å². The summed E-state index contributed by atoms with van der Waals surface area (Å²) in [4.78, 5) is 0. The van der Waals surface area contributed by atoms with Crippen molar-refractivity contribution in [1.82, 2.24) is 0 Å². The van der Waals surface area contributed by atoms with Gasteiger partial charge in [-0.25, -0.2) is 0 Å². The average Bonchev–Trinajstić information content (AvgIpc) is 2.53. The first-order chi connectivity index (χ1) is 9.86. The Morgan fingerprint density at radius 2 is 0.950 bits per heavy atom. The Morgan fingerprint density at radius 3 is 1.20 bits per heavy atom. The molecule has 0 spiro atoms. The average molecular weight is 315 g/mol. The van der Waals surface area contributed by atoms with Crippen molar-refractivity contribution in [2.75, 3.05) is 11.5 Å². The molecule has 0 saturated heterocycles. The molecule has 118 valence electrons. The van der Waals surface area contributed by atoms with Crippen molar-refractivity contribution in [3.8, 4) is 0 Å². The van der Waals surface area contributed by atoms with Crippen LogP contribution in [0.1, 0.15) is 65.5 Å². The predicted molar refractivity (Wildman–Crippen MR) is 102 cm³/mol. The molecule has 0 N–H and O–H groups in total. The lowest BCUT2D eigenvalue weighted by atomic mass is 10.2. The first kappa shape index (κ1) is 22.2. The van der Waals surface area contributed by atoms with E-state index in [-0.39, 0.29) is 0 Å². The molecule has 0 unspecified atom stereocenters. The number of benzene rings is 1. The second-order valence-electron chi connectivity index (χ2n) is 3.92. The van der Waals surface area contributed by atoms with E-state index in [4.69, 9.17) is 0 Å². The minimum Gasteiger partial charge on any atom is -0.157 e. The fraction of sp³-hybridized carbons (Fsp3) is 0.667. The molecular formula is C18H34S2. The van der Waals surface area contributed by atoms with Crippen LogP contribution in [0, 0.1) is 0 Å². The third-order valence-electron chi connectivity index (χ3n) is 2.26. The monoisotopic (exact) mass is 314 g/mol. The van der Waals surface area contributed by atoms with Gasteiger partial charge in [-0.1, -0.05) is 65.8 Å². The highest BCUT2D eigenvalue weighted by Gasteiger charge is 1.95. The van der Waals surface area contributed by atoms with Crippen molar-refractivity contribution in [2.24, 2.45) is 0 Å². The van der Waals surface area contributed by atoms with Crippen molar-refractivity contribution in [2.45, 2.75) is 65.9 Å². The number of hydrogen-bond donors (Lipinski definition) is 0. The summed E-state index contributed by atoms with van der Waals surface area (Å²) in [5.41, 5.74) is 2.92. The fourth-order valence-corrected chi connectivity index (χ4v) is 3.12. The summed E-state index contributed by atoms with van der Waals surface area (Å²) in [6, 6.07) is 9.13. The maximum atomic E-state index is 2.28. The third-order valence-corrected chi connectivity index (χ3v) is 4.73. The van der Waals surface area contributed by atoms with Gasteiger partial charge in [-0.3, -0.25) is 0 Å². The standard InChI is InChI=1S/C14H22S2.2C2H6/c1-3-9-15-11-13-5-7-14(8-6-13)12-16-10-4-2;2*1-2/h5-8H,3-4,9-12H2,1-2H3;2*1-2H3. The SMILES string of the molecule is CC.CC.CCCSCc1ccc(CSCCC)cc1. The highest BCUT2D eigenvalue weighted by atomic mass is 32.2. The zero-order chi connectivity index (χ0) is 15.6. The maximum absolute atomic E-state index is 2.28. The van der Waals surface area contributed by atoms with Crippen LogP contribution in [0.15, 0.2) is 24.3 Å². The van der Waals surface area contributed by atoms with E-state index >= 15 is 0 Å². The molecule has 0 amide bonds. The van der Waals surface area contributed by atoms with Gasteiger partial charge in [-0.05, 0) is 35.5 Å². The minimum absolute atomic E-state index is 1.16. The van der Waals surface area contributed by atoms with Crippen molar-refractivity contribution < 1.29 is 0 Å². The Hall–Kier alpha value is -0.0800. The van der Waals surface area contributed by atoms with E-state index in [0.717, 1.165) is 11.5 Å². The van der Waals surface area contributed by atoms with Gasteiger partial charge in [0.1, 0.15) is 0 Å². The smallest absolute Gasteiger partial charge is 0.0184 e. The summed E-state index contributed by atoms with van der Waals surface area (Å²) in [5, 5.41) is 0. The van der Waals surface area contributed by atoms with E-state index in [1.54, 1.807) is 0 Å². The molecular weight excluding hydrogens is 280 g/mol. The first-order valence-corrected chi connectivity index (χ1v) is 10.4. The Morgan fingerprint density at radius 1 is 0.650 bits per heavy atom. The van der Waals surface area contributed by atoms with Gasteiger partial charge in [-0.15, -0.1) is 0 Å². The van der Waals surface area contributed by atoms with Crippen LogP contribution in [0.4, 0.5) is 0 Å². The molecule has 0 saturated carbocycles. The Labute approximate surface area is 136 Å². The fourth-order valence-electron chi connectivity index (χ4n) is 1.40.